The minimum atomic E-state index is -0.263. The van der Waals surface area contributed by atoms with E-state index in [1.54, 1.807) is 13.0 Å². The number of nitrogens with zero attached hydrogens (tertiary/aromatic N) is 2. The van der Waals surface area contributed by atoms with Crippen LogP contribution in [0.4, 0.5) is 5.82 Å². The molecule has 0 radical (unpaired) electrons. The fourth-order valence-electron chi connectivity index (χ4n) is 1.05. The summed E-state index contributed by atoms with van der Waals surface area (Å²) in [6, 6.07) is 1.65. The number of thiazole rings is 1. The molecule has 2 heterocycles. The van der Waals surface area contributed by atoms with Crippen LogP contribution in [0.5, 0.6) is 0 Å². The minimum Gasteiger partial charge on any atom is -0.360 e. The molecule has 1 amide bonds. The average Bonchev–Trinajstić information content (AvgIpc) is 2.75. The first-order chi connectivity index (χ1) is 7.15. The summed E-state index contributed by atoms with van der Waals surface area (Å²) in [4.78, 5) is 15.7. The van der Waals surface area contributed by atoms with Crippen molar-refractivity contribution in [3.05, 3.63) is 27.9 Å². The zero-order valence-corrected chi connectivity index (χ0v) is 9.09. The molecule has 0 bridgehead atoms. The van der Waals surface area contributed by atoms with E-state index in [4.69, 9.17) is 4.52 Å². The Morgan fingerprint density at radius 3 is 2.87 bits per heavy atom. The molecule has 0 atom stereocenters. The third kappa shape index (κ3) is 2.21. The SMILES string of the molecule is Cc1csc(C(=O)Nc2cc(C)on2)n1. The lowest BCUT2D eigenvalue weighted by molar-refractivity contribution is 0.102. The van der Waals surface area contributed by atoms with Gasteiger partial charge in [0.25, 0.3) is 5.91 Å². The van der Waals surface area contributed by atoms with Crippen LogP contribution in [0.15, 0.2) is 16.0 Å². The van der Waals surface area contributed by atoms with E-state index < -0.39 is 0 Å². The molecule has 0 fully saturated rings. The Labute approximate surface area is 90.1 Å². The van der Waals surface area contributed by atoms with Crippen LogP contribution in [0.25, 0.3) is 0 Å². The van der Waals surface area contributed by atoms with Crippen molar-refractivity contribution in [1.29, 1.82) is 0 Å². The Morgan fingerprint density at radius 2 is 2.33 bits per heavy atom. The van der Waals surface area contributed by atoms with Crippen molar-refractivity contribution in [2.75, 3.05) is 5.32 Å². The molecule has 1 N–H and O–H groups in total. The lowest BCUT2D eigenvalue weighted by Crippen LogP contribution is -2.11. The predicted molar refractivity (Wildman–Crippen MR) is 56.0 cm³/mol. The molecular weight excluding hydrogens is 214 g/mol. The molecule has 2 aromatic rings. The van der Waals surface area contributed by atoms with Gasteiger partial charge in [0.2, 0.25) is 0 Å². The van der Waals surface area contributed by atoms with Gasteiger partial charge in [0.15, 0.2) is 10.8 Å². The summed E-state index contributed by atoms with van der Waals surface area (Å²) in [5.74, 6) is 0.798. The second-order valence-electron chi connectivity index (χ2n) is 3.07. The lowest BCUT2D eigenvalue weighted by atomic mass is 10.5. The van der Waals surface area contributed by atoms with Gasteiger partial charge >= 0.3 is 0 Å². The molecule has 0 aliphatic rings. The minimum absolute atomic E-state index is 0.263. The van der Waals surface area contributed by atoms with Crippen LogP contribution in [0.2, 0.25) is 0 Å². The standard InChI is InChI=1S/C9H9N3O2S/c1-5-4-15-9(10-5)8(13)11-7-3-6(2)14-12-7/h3-4H,1-2H3,(H,11,12,13). The second kappa shape index (κ2) is 3.82. The van der Waals surface area contributed by atoms with E-state index in [1.807, 2.05) is 12.3 Å². The average molecular weight is 223 g/mol. The number of hydrogen-bond donors (Lipinski definition) is 1. The Bertz CT molecular complexity index is 489. The number of anilines is 1. The molecule has 0 saturated carbocycles. The molecular formula is C9H9N3O2S. The van der Waals surface area contributed by atoms with Gasteiger partial charge in [-0.1, -0.05) is 5.16 Å². The van der Waals surface area contributed by atoms with Gasteiger partial charge < -0.3 is 9.84 Å². The maximum absolute atomic E-state index is 11.6. The van der Waals surface area contributed by atoms with E-state index in [0.717, 1.165) is 5.69 Å². The summed E-state index contributed by atoms with van der Waals surface area (Å²) in [5.41, 5.74) is 0.835. The van der Waals surface area contributed by atoms with Gasteiger partial charge in [-0.25, -0.2) is 4.98 Å². The Kier molecular flexibility index (Phi) is 2.51. The van der Waals surface area contributed by atoms with Crippen LogP contribution in [-0.4, -0.2) is 16.0 Å². The van der Waals surface area contributed by atoms with Crippen molar-refractivity contribution >= 4 is 23.1 Å². The third-order valence-corrected chi connectivity index (χ3v) is 2.64. The monoisotopic (exact) mass is 223 g/mol. The summed E-state index contributed by atoms with van der Waals surface area (Å²) in [5, 5.41) is 8.50. The van der Waals surface area contributed by atoms with Gasteiger partial charge in [-0.2, -0.15) is 0 Å². The zero-order valence-electron chi connectivity index (χ0n) is 8.27. The van der Waals surface area contributed by atoms with Gasteiger partial charge in [-0.3, -0.25) is 4.79 Å². The Balaban J connectivity index is 2.10. The highest BCUT2D eigenvalue weighted by Crippen LogP contribution is 2.12. The van der Waals surface area contributed by atoms with Gasteiger partial charge in [0, 0.05) is 17.1 Å². The fourth-order valence-corrected chi connectivity index (χ4v) is 1.74. The topological polar surface area (TPSA) is 68.0 Å². The molecule has 2 rings (SSSR count). The normalized spacial score (nSPS) is 10.3. The van der Waals surface area contributed by atoms with Crippen LogP contribution < -0.4 is 5.32 Å². The smallest absolute Gasteiger partial charge is 0.285 e. The van der Waals surface area contributed by atoms with Crippen molar-refractivity contribution in [2.45, 2.75) is 13.8 Å². The molecule has 2 aromatic heterocycles. The van der Waals surface area contributed by atoms with Crippen LogP contribution in [-0.2, 0) is 0 Å². The van der Waals surface area contributed by atoms with Crippen LogP contribution in [0.3, 0.4) is 0 Å². The molecule has 0 saturated heterocycles. The van der Waals surface area contributed by atoms with Gasteiger partial charge in [-0.05, 0) is 13.8 Å². The lowest BCUT2D eigenvalue weighted by Gasteiger charge is -1.95. The predicted octanol–water partition coefficient (Wildman–Crippen LogP) is 2.00. The number of carbonyl (C=O) groups excluding carboxylic acids is 1. The Morgan fingerprint density at radius 1 is 1.53 bits per heavy atom. The first-order valence-corrected chi connectivity index (χ1v) is 5.20. The van der Waals surface area contributed by atoms with Crippen molar-refractivity contribution in [2.24, 2.45) is 0 Å². The molecule has 0 spiro atoms. The number of hydrogen-bond acceptors (Lipinski definition) is 5. The number of nitrogens with one attached hydrogen (secondary N) is 1. The van der Waals surface area contributed by atoms with Crippen molar-refractivity contribution < 1.29 is 9.32 Å². The zero-order chi connectivity index (χ0) is 10.8. The highest BCUT2D eigenvalue weighted by Gasteiger charge is 2.11. The number of aromatic nitrogens is 2. The van der Waals surface area contributed by atoms with Gasteiger partial charge in [0.05, 0.1) is 0 Å². The molecule has 0 aliphatic heterocycles. The Hall–Kier alpha value is -1.69. The van der Waals surface area contributed by atoms with E-state index in [0.29, 0.717) is 16.6 Å². The molecule has 6 heteroatoms. The van der Waals surface area contributed by atoms with Crippen molar-refractivity contribution in [1.82, 2.24) is 10.1 Å². The molecule has 5 nitrogen and oxygen atoms in total. The number of amides is 1. The summed E-state index contributed by atoms with van der Waals surface area (Å²) in [7, 11) is 0. The molecule has 0 aromatic carbocycles. The quantitative estimate of drug-likeness (QED) is 0.845. The molecule has 78 valence electrons. The number of aryl methyl sites for hydroxylation is 2. The second-order valence-corrected chi connectivity index (χ2v) is 3.93. The van der Waals surface area contributed by atoms with Gasteiger partial charge in [0.1, 0.15) is 5.76 Å². The summed E-state index contributed by atoms with van der Waals surface area (Å²) >= 11 is 1.30. The molecule has 0 unspecified atom stereocenters. The fraction of sp³-hybridized carbons (Fsp3) is 0.222. The maximum atomic E-state index is 11.6. The van der Waals surface area contributed by atoms with Crippen LogP contribution in [0.1, 0.15) is 21.3 Å². The number of carbonyl (C=O) groups is 1. The molecule has 15 heavy (non-hydrogen) atoms. The number of rotatable bonds is 2. The summed E-state index contributed by atoms with van der Waals surface area (Å²) in [6.07, 6.45) is 0. The van der Waals surface area contributed by atoms with Crippen molar-refractivity contribution in [3.8, 4) is 0 Å². The maximum Gasteiger partial charge on any atom is 0.285 e. The van der Waals surface area contributed by atoms with E-state index in [1.165, 1.54) is 11.3 Å². The van der Waals surface area contributed by atoms with E-state index in [9.17, 15) is 4.79 Å². The third-order valence-electron chi connectivity index (χ3n) is 1.68. The first-order valence-electron chi connectivity index (χ1n) is 4.32. The highest BCUT2D eigenvalue weighted by atomic mass is 32.1. The van der Waals surface area contributed by atoms with Crippen LogP contribution in [0, 0.1) is 13.8 Å². The highest BCUT2D eigenvalue weighted by molar-refractivity contribution is 7.11. The van der Waals surface area contributed by atoms with Crippen LogP contribution >= 0.6 is 11.3 Å². The van der Waals surface area contributed by atoms with E-state index >= 15 is 0 Å². The van der Waals surface area contributed by atoms with E-state index in [-0.39, 0.29) is 5.91 Å². The van der Waals surface area contributed by atoms with E-state index in [2.05, 4.69) is 15.5 Å². The largest absolute Gasteiger partial charge is 0.360 e. The molecule has 0 aliphatic carbocycles. The first kappa shape index (κ1) is 9.85. The summed E-state index contributed by atoms with van der Waals surface area (Å²) < 4.78 is 4.82. The summed E-state index contributed by atoms with van der Waals surface area (Å²) in [6.45, 7) is 3.60. The van der Waals surface area contributed by atoms with Gasteiger partial charge in [-0.15, -0.1) is 11.3 Å². The van der Waals surface area contributed by atoms with Crippen molar-refractivity contribution in [3.63, 3.8) is 0 Å².